The highest BCUT2D eigenvalue weighted by Gasteiger charge is 2.33. The zero-order chi connectivity index (χ0) is 25.9. The van der Waals surface area contributed by atoms with Gasteiger partial charge >= 0.3 is 0 Å². The fourth-order valence-electron chi connectivity index (χ4n) is 4.34. The number of hydrogen-bond acceptors (Lipinski definition) is 5. The SMILES string of the molecule is COc1cc(NC(=O)c2cnn(-c3ccccc3C)c2C2CC2)c(OC)cc1NC(=O)c1ccccc1. The molecule has 0 saturated heterocycles. The number of ether oxygens (including phenoxy) is 2. The number of carbonyl (C=O) groups excluding carboxylic acids is 2. The average Bonchev–Trinajstić information content (AvgIpc) is 3.67. The standard InChI is InChI=1S/C29H28N4O4/c1-18-9-7-8-12-24(18)33-27(19-13-14-19)21(17-30-33)29(35)32-23-16-25(36-2)22(15-26(23)37-3)31-28(34)20-10-5-4-6-11-20/h4-12,15-17,19H,13-14H2,1-3H3,(H,31,34)(H,32,35). The van der Waals surface area contributed by atoms with Gasteiger partial charge in [-0.1, -0.05) is 36.4 Å². The van der Waals surface area contributed by atoms with Gasteiger partial charge in [-0.3, -0.25) is 9.59 Å². The van der Waals surface area contributed by atoms with Crippen LogP contribution >= 0.6 is 0 Å². The maximum Gasteiger partial charge on any atom is 0.259 e. The van der Waals surface area contributed by atoms with E-state index in [9.17, 15) is 9.59 Å². The number of hydrogen-bond donors (Lipinski definition) is 2. The van der Waals surface area contributed by atoms with Crippen LogP contribution in [0.25, 0.3) is 5.69 Å². The van der Waals surface area contributed by atoms with E-state index in [1.165, 1.54) is 14.2 Å². The number of anilines is 2. The minimum atomic E-state index is -0.289. The number of carbonyl (C=O) groups is 2. The van der Waals surface area contributed by atoms with E-state index in [2.05, 4.69) is 15.7 Å². The summed E-state index contributed by atoms with van der Waals surface area (Å²) in [5.74, 6) is 0.489. The lowest BCUT2D eigenvalue weighted by atomic mass is 10.1. The lowest BCUT2D eigenvalue weighted by Gasteiger charge is -2.16. The van der Waals surface area contributed by atoms with E-state index in [0.29, 0.717) is 34.0 Å². The molecule has 188 valence electrons. The molecule has 0 radical (unpaired) electrons. The number of para-hydroxylation sites is 1. The molecule has 2 amide bonds. The van der Waals surface area contributed by atoms with Gasteiger partial charge in [0.15, 0.2) is 0 Å². The van der Waals surface area contributed by atoms with Crippen molar-refractivity contribution in [1.82, 2.24) is 9.78 Å². The minimum Gasteiger partial charge on any atom is -0.494 e. The molecule has 8 nitrogen and oxygen atoms in total. The van der Waals surface area contributed by atoms with Gasteiger partial charge in [0.2, 0.25) is 0 Å². The van der Waals surface area contributed by atoms with E-state index in [0.717, 1.165) is 29.8 Å². The van der Waals surface area contributed by atoms with Gasteiger partial charge in [0.05, 0.1) is 48.7 Å². The molecule has 1 aliphatic rings. The third kappa shape index (κ3) is 4.91. The van der Waals surface area contributed by atoms with E-state index in [1.54, 1.807) is 42.6 Å². The van der Waals surface area contributed by atoms with Gasteiger partial charge in [0, 0.05) is 23.6 Å². The number of rotatable bonds is 8. The molecule has 1 aromatic heterocycles. The van der Waals surface area contributed by atoms with Gasteiger partial charge in [-0.05, 0) is 43.5 Å². The van der Waals surface area contributed by atoms with Crippen LogP contribution in [0.5, 0.6) is 11.5 Å². The summed E-state index contributed by atoms with van der Waals surface area (Å²) in [5.41, 5.74) is 4.83. The van der Waals surface area contributed by atoms with Crippen LogP contribution in [-0.4, -0.2) is 35.8 Å². The summed E-state index contributed by atoms with van der Waals surface area (Å²) in [5, 5.41) is 10.4. The van der Waals surface area contributed by atoms with Crippen molar-refractivity contribution in [2.45, 2.75) is 25.7 Å². The van der Waals surface area contributed by atoms with Crippen molar-refractivity contribution in [1.29, 1.82) is 0 Å². The second-order valence-electron chi connectivity index (χ2n) is 8.94. The molecule has 5 rings (SSSR count). The molecule has 4 aromatic rings. The second-order valence-corrected chi connectivity index (χ2v) is 8.94. The second kappa shape index (κ2) is 10.2. The molecule has 1 fully saturated rings. The van der Waals surface area contributed by atoms with E-state index in [-0.39, 0.29) is 17.7 Å². The molecule has 2 N–H and O–H groups in total. The minimum absolute atomic E-state index is 0.282. The summed E-state index contributed by atoms with van der Waals surface area (Å²) >= 11 is 0. The highest BCUT2D eigenvalue weighted by atomic mass is 16.5. The van der Waals surface area contributed by atoms with Gasteiger partial charge in [0.1, 0.15) is 11.5 Å². The van der Waals surface area contributed by atoms with Crippen LogP contribution in [0.4, 0.5) is 11.4 Å². The number of amides is 2. The topological polar surface area (TPSA) is 94.5 Å². The Morgan fingerprint density at radius 1 is 0.865 bits per heavy atom. The predicted octanol–water partition coefficient (Wildman–Crippen LogP) is 5.58. The van der Waals surface area contributed by atoms with Crippen molar-refractivity contribution < 1.29 is 19.1 Å². The quantitative estimate of drug-likeness (QED) is 0.332. The lowest BCUT2D eigenvalue weighted by Crippen LogP contribution is -2.16. The zero-order valence-corrected chi connectivity index (χ0v) is 20.9. The van der Waals surface area contributed by atoms with Crippen molar-refractivity contribution in [2.24, 2.45) is 0 Å². The van der Waals surface area contributed by atoms with Crippen LogP contribution < -0.4 is 20.1 Å². The fraction of sp³-hybridized carbons (Fsp3) is 0.207. The third-order valence-electron chi connectivity index (χ3n) is 6.41. The van der Waals surface area contributed by atoms with Crippen LogP contribution in [0.15, 0.2) is 72.9 Å². The number of methoxy groups -OCH3 is 2. The largest absolute Gasteiger partial charge is 0.494 e. The van der Waals surface area contributed by atoms with Crippen molar-refractivity contribution in [3.8, 4) is 17.2 Å². The van der Waals surface area contributed by atoms with Gasteiger partial charge in [-0.25, -0.2) is 4.68 Å². The summed E-state index contributed by atoms with van der Waals surface area (Å²) in [4.78, 5) is 26.2. The van der Waals surface area contributed by atoms with Gasteiger partial charge in [-0.15, -0.1) is 0 Å². The lowest BCUT2D eigenvalue weighted by molar-refractivity contribution is 0.101. The molecule has 1 saturated carbocycles. The van der Waals surface area contributed by atoms with Crippen molar-refractivity contribution in [3.63, 3.8) is 0 Å². The molecule has 0 aliphatic heterocycles. The first-order valence-electron chi connectivity index (χ1n) is 12.1. The predicted molar refractivity (Wildman–Crippen MR) is 142 cm³/mol. The number of nitrogens with one attached hydrogen (secondary N) is 2. The van der Waals surface area contributed by atoms with Crippen LogP contribution in [-0.2, 0) is 0 Å². The molecule has 0 atom stereocenters. The van der Waals surface area contributed by atoms with Crippen molar-refractivity contribution in [2.75, 3.05) is 24.9 Å². The van der Waals surface area contributed by atoms with Gasteiger partial charge < -0.3 is 20.1 Å². The van der Waals surface area contributed by atoms with Crippen LogP contribution in [0.2, 0.25) is 0 Å². The highest BCUT2D eigenvalue weighted by Crippen LogP contribution is 2.43. The summed E-state index contributed by atoms with van der Waals surface area (Å²) in [7, 11) is 3.01. The molecular formula is C29H28N4O4. The maximum absolute atomic E-state index is 13.5. The molecule has 0 bridgehead atoms. The molecule has 37 heavy (non-hydrogen) atoms. The Bertz CT molecular complexity index is 1460. The summed E-state index contributed by atoms with van der Waals surface area (Å²) in [6.07, 6.45) is 3.66. The summed E-state index contributed by atoms with van der Waals surface area (Å²) in [6.45, 7) is 2.03. The number of nitrogens with zero attached hydrogens (tertiary/aromatic N) is 2. The van der Waals surface area contributed by atoms with Crippen LogP contribution in [0.3, 0.4) is 0 Å². The zero-order valence-electron chi connectivity index (χ0n) is 20.9. The Morgan fingerprint density at radius 3 is 2.05 bits per heavy atom. The first kappa shape index (κ1) is 24.1. The molecule has 0 unspecified atom stereocenters. The molecule has 1 heterocycles. The molecule has 3 aromatic carbocycles. The Balaban J connectivity index is 1.44. The fourth-order valence-corrected chi connectivity index (χ4v) is 4.34. The normalized spacial score (nSPS) is 12.6. The van der Waals surface area contributed by atoms with Gasteiger partial charge in [0.25, 0.3) is 11.8 Å². The smallest absolute Gasteiger partial charge is 0.259 e. The number of aryl methyl sites for hydroxylation is 1. The maximum atomic E-state index is 13.5. The van der Waals surface area contributed by atoms with E-state index >= 15 is 0 Å². The number of benzene rings is 3. The molecular weight excluding hydrogens is 468 g/mol. The molecule has 8 heteroatoms. The van der Waals surface area contributed by atoms with Crippen LogP contribution in [0, 0.1) is 6.92 Å². The Labute approximate surface area is 215 Å². The third-order valence-corrected chi connectivity index (χ3v) is 6.41. The van der Waals surface area contributed by atoms with Crippen LogP contribution in [0.1, 0.15) is 50.7 Å². The Morgan fingerprint density at radius 2 is 1.46 bits per heavy atom. The molecule has 0 spiro atoms. The van der Waals surface area contributed by atoms with E-state index in [1.807, 2.05) is 41.9 Å². The summed E-state index contributed by atoms with van der Waals surface area (Å²) < 4.78 is 12.9. The highest BCUT2D eigenvalue weighted by molar-refractivity contribution is 6.08. The van der Waals surface area contributed by atoms with Gasteiger partial charge in [-0.2, -0.15) is 5.10 Å². The average molecular weight is 497 g/mol. The van der Waals surface area contributed by atoms with Crippen molar-refractivity contribution >= 4 is 23.2 Å². The first-order chi connectivity index (χ1) is 18.0. The molecule has 1 aliphatic carbocycles. The van der Waals surface area contributed by atoms with Crippen molar-refractivity contribution in [3.05, 3.63) is 95.3 Å². The monoisotopic (exact) mass is 496 g/mol. The Hall–Kier alpha value is -4.59. The summed E-state index contributed by atoms with van der Waals surface area (Å²) in [6, 6.07) is 20.1. The first-order valence-corrected chi connectivity index (χ1v) is 12.1. The Kier molecular flexibility index (Phi) is 6.64. The van der Waals surface area contributed by atoms with E-state index in [4.69, 9.17) is 9.47 Å². The number of aromatic nitrogens is 2. The van der Waals surface area contributed by atoms with E-state index < -0.39 is 0 Å².